The van der Waals surface area contributed by atoms with Gasteiger partial charge in [-0.2, -0.15) is 0 Å². The van der Waals surface area contributed by atoms with Crippen LogP contribution in [0.15, 0.2) is 0 Å². The molecule has 2 aliphatic rings. The van der Waals surface area contributed by atoms with Crippen LogP contribution in [0.3, 0.4) is 0 Å². The van der Waals surface area contributed by atoms with Crippen molar-refractivity contribution in [1.29, 1.82) is 0 Å². The van der Waals surface area contributed by atoms with E-state index in [0.717, 1.165) is 19.3 Å². The number of rotatable bonds is 4. The molecule has 0 bridgehead atoms. The van der Waals surface area contributed by atoms with E-state index in [9.17, 15) is 4.79 Å². The van der Waals surface area contributed by atoms with Crippen LogP contribution in [0.25, 0.3) is 0 Å². The SMILES string of the molecule is CCCCC1NC(C)N(C2CCCCC2(C)C)C1=O. The molecule has 0 radical (unpaired) electrons. The van der Waals surface area contributed by atoms with Crippen LogP contribution >= 0.6 is 0 Å². The number of carbonyl (C=O) groups excluding carboxylic acids is 1. The van der Waals surface area contributed by atoms with Crippen LogP contribution < -0.4 is 5.32 Å². The number of nitrogens with zero attached hydrogens (tertiary/aromatic N) is 1. The normalized spacial score (nSPS) is 34.8. The van der Waals surface area contributed by atoms with Gasteiger partial charge in [-0.1, -0.05) is 46.5 Å². The minimum Gasteiger partial charge on any atom is -0.323 e. The highest BCUT2D eigenvalue weighted by Crippen LogP contribution is 2.40. The van der Waals surface area contributed by atoms with Gasteiger partial charge in [0, 0.05) is 6.04 Å². The molecule has 3 atom stereocenters. The quantitative estimate of drug-likeness (QED) is 0.847. The zero-order chi connectivity index (χ0) is 14.0. The summed E-state index contributed by atoms with van der Waals surface area (Å²) < 4.78 is 0. The lowest BCUT2D eigenvalue weighted by molar-refractivity contribution is -0.136. The predicted molar refractivity (Wildman–Crippen MR) is 78.8 cm³/mol. The Morgan fingerprint density at radius 1 is 1.37 bits per heavy atom. The molecule has 3 heteroatoms. The molecule has 1 saturated heterocycles. The molecular formula is C16H30N2O. The number of hydrogen-bond donors (Lipinski definition) is 1. The second-order valence-electron chi connectivity index (χ2n) is 7.03. The Morgan fingerprint density at radius 2 is 2.11 bits per heavy atom. The monoisotopic (exact) mass is 266 g/mol. The highest BCUT2D eigenvalue weighted by Gasteiger charge is 2.45. The van der Waals surface area contributed by atoms with Gasteiger partial charge in [-0.05, 0) is 31.6 Å². The summed E-state index contributed by atoms with van der Waals surface area (Å²) in [7, 11) is 0. The molecular weight excluding hydrogens is 236 g/mol. The molecule has 1 heterocycles. The van der Waals surface area contributed by atoms with Gasteiger partial charge in [-0.25, -0.2) is 0 Å². The average Bonchev–Trinajstić information content (AvgIpc) is 2.62. The van der Waals surface area contributed by atoms with Crippen LogP contribution in [-0.4, -0.2) is 29.1 Å². The molecule has 110 valence electrons. The minimum atomic E-state index is 0.0627. The molecule has 1 N–H and O–H groups in total. The van der Waals surface area contributed by atoms with E-state index in [1.165, 1.54) is 25.7 Å². The standard InChI is InChI=1S/C16H30N2O/c1-5-6-9-13-15(19)18(12(2)17-13)14-10-7-8-11-16(14,3)4/h12-14,17H,5-11H2,1-4H3. The van der Waals surface area contributed by atoms with E-state index < -0.39 is 0 Å². The first-order valence-corrected chi connectivity index (χ1v) is 8.05. The van der Waals surface area contributed by atoms with E-state index >= 15 is 0 Å². The van der Waals surface area contributed by atoms with Crippen molar-refractivity contribution >= 4 is 5.91 Å². The fourth-order valence-corrected chi connectivity index (χ4v) is 3.84. The van der Waals surface area contributed by atoms with E-state index in [1.54, 1.807) is 0 Å². The molecule has 3 unspecified atom stereocenters. The first kappa shape index (κ1) is 14.8. The van der Waals surface area contributed by atoms with Crippen molar-refractivity contribution < 1.29 is 4.79 Å². The van der Waals surface area contributed by atoms with E-state index in [0.29, 0.717) is 11.9 Å². The van der Waals surface area contributed by atoms with Crippen LogP contribution in [0.5, 0.6) is 0 Å². The smallest absolute Gasteiger partial charge is 0.241 e. The number of unbranched alkanes of at least 4 members (excludes halogenated alkanes) is 1. The van der Waals surface area contributed by atoms with E-state index in [-0.39, 0.29) is 17.6 Å². The molecule has 1 aliphatic carbocycles. The van der Waals surface area contributed by atoms with Crippen molar-refractivity contribution in [3.63, 3.8) is 0 Å². The van der Waals surface area contributed by atoms with Crippen LogP contribution in [0.1, 0.15) is 72.6 Å². The minimum absolute atomic E-state index is 0.0627. The molecule has 1 saturated carbocycles. The van der Waals surface area contributed by atoms with Crippen molar-refractivity contribution in [2.75, 3.05) is 0 Å². The average molecular weight is 266 g/mol. The van der Waals surface area contributed by atoms with Gasteiger partial charge in [0.2, 0.25) is 5.91 Å². The largest absolute Gasteiger partial charge is 0.323 e. The van der Waals surface area contributed by atoms with Gasteiger partial charge >= 0.3 is 0 Å². The van der Waals surface area contributed by atoms with Crippen LogP contribution in [0.2, 0.25) is 0 Å². The lowest BCUT2D eigenvalue weighted by Gasteiger charge is -2.45. The molecule has 19 heavy (non-hydrogen) atoms. The van der Waals surface area contributed by atoms with Crippen molar-refractivity contribution in [2.24, 2.45) is 5.41 Å². The zero-order valence-electron chi connectivity index (χ0n) is 13.0. The number of hydrogen-bond acceptors (Lipinski definition) is 2. The maximum Gasteiger partial charge on any atom is 0.241 e. The van der Waals surface area contributed by atoms with Gasteiger partial charge in [0.1, 0.15) is 0 Å². The Morgan fingerprint density at radius 3 is 2.74 bits per heavy atom. The third kappa shape index (κ3) is 2.96. The molecule has 3 nitrogen and oxygen atoms in total. The maximum atomic E-state index is 12.7. The summed E-state index contributed by atoms with van der Waals surface area (Å²) >= 11 is 0. The fraction of sp³-hybridized carbons (Fsp3) is 0.938. The molecule has 0 aromatic rings. The predicted octanol–water partition coefficient (Wildman–Crippen LogP) is 3.29. The Balaban J connectivity index is 2.08. The van der Waals surface area contributed by atoms with Gasteiger partial charge < -0.3 is 4.90 Å². The van der Waals surface area contributed by atoms with Gasteiger partial charge in [0.05, 0.1) is 12.2 Å². The summed E-state index contributed by atoms with van der Waals surface area (Å²) in [5, 5.41) is 3.50. The summed E-state index contributed by atoms with van der Waals surface area (Å²) in [6.07, 6.45) is 8.49. The maximum absolute atomic E-state index is 12.7. The summed E-state index contributed by atoms with van der Waals surface area (Å²) in [5.41, 5.74) is 0.267. The molecule has 0 aromatic carbocycles. The van der Waals surface area contributed by atoms with Crippen LogP contribution in [0.4, 0.5) is 0 Å². The topological polar surface area (TPSA) is 32.3 Å². The van der Waals surface area contributed by atoms with Gasteiger partial charge in [0.15, 0.2) is 0 Å². The highest BCUT2D eigenvalue weighted by atomic mass is 16.2. The second kappa shape index (κ2) is 5.82. The highest BCUT2D eigenvalue weighted by molar-refractivity contribution is 5.84. The van der Waals surface area contributed by atoms with Crippen molar-refractivity contribution in [3.05, 3.63) is 0 Å². The molecule has 0 aromatic heterocycles. The fourth-order valence-electron chi connectivity index (χ4n) is 3.84. The number of nitrogens with one attached hydrogen (secondary N) is 1. The molecule has 2 rings (SSSR count). The Kier molecular flexibility index (Phi) is 4.54. The Labute approximate surface area is 118 Å². The number of amides is 1. The zero-order valence-corrected chi connectivity index (χ0v) is 13.0. The van der Waals surface area contributed by atoms with Crippen molar-refractivity contribution in [3.8, 4) is 0 Å². The second-order valence-corrected chi connectivity index (χ2v) is 7.03. The third-order valence-electron chi connectivity index (χ3n) is 5.05. The van der Waals surface area contributed by atoms with Gasteiger partial charge in [-0.3, -0.25) is 10.1 Å². The molecule has 2 fully saturated rings. The third-order valence-corrected chi connectivity index (χ3v) is 5.05. The Bertz CT molecular complexity index is 327. The van der Waals surface area contributed by atoms with E-state index in [1.807, 2.05) is 0 Å². The lowest BCUT2D eigenvalue weighted by Crippen LogP contribution is -2.51. The first-order valence-electron chi connectivity index (χ1n) is 8.05. The lowest BCUT2D eigenvalue weighted by atomic mass is 9.72. The Hall–Kier alpha value is -0.570. The van der Waals surface area contributed by atoms with Crippen LogP contribution in [-0.2, 0) is 4.79 Å². The molecule has 0 spiro atoms. The summed E-state index contributed by atoms with van der Waals surface area (Å²) in [6, 6.07) is 0.482. The molecule has 1 amide bonds. The summed E-state index contributed by atoms with van der Waals surface area (Å²) in [4.78, 5) is 14.8. The van der Waals surface area contributed by atoms with Crippen LogP contribution in [0, 0.1) is 5.41 Å². The summed E-state index contributed by atoms with van der Waals surface area (Å²) in [5.74, 6) is 0.348. The number of carbonyl (C=O) groups is 1. The van der Waals surface area contributed by atoms with E-state index in [2.05, 4.69) is 37.9 Å². The van der Waals surface area contributed by atoms with Gasteiger partial charge in [0.25, 0.3) is 0 Å². The van der Waals surface area contributed by atoms with Gasteiger partial charge in [-0.15, -0.1) is 0 Å². The van der Waals surface area contributed by atoms with E-state index in [4.69, 9.17) is 0 Å². The summed E-state index contributed by atoms with van der Waals surface area (Å²) in [6.45, 7) is 8.99. The van der Waals surface area contributed by atoms with Crippen molar-refractivity contribution in [2.45, 2.75) is 90.9 Å². The first-order chi connectivity index (χ1) is 8.97. The van der Waals surface area contributed by atoms with Crippen molar-refractivity contribution in [1.82, 2.24) is 10.2 Å². The molecule has 1 aliphatic heterocycles.